The van der Waals surface area contributed by atoms with Gasteiger partial charge in [0.2, 0.25) is 5.91 Å². The Balaban J connectivity index is 3.14. The number of aryl methyl sites for hydroxylation is 2. The largest absolute Gasteiger partial charge is 0.322 e. The fraction of sp³-hybridized carbons (Fsp3) is 0.500. The molecule has 5 nitrogen and oxygen atoms in total. The van der Waals surface area contributed by atoms with Crippen LogP contribution in [0.3, 0.4) is 0 Å². The number of hydrogen-bond donors (Lipinski definition) is 1. The molecule has 0 saturated carbocycles. The Morgan fingerprint density at radius 3 is 2.80 bits per heavy atom. The number of rotatable bonds is 3. The lowest BCUT2D eigenvalue weighted by Crippen LogP contribution is -2.08. The van der Waals surface area contributed by atoms with Crippen LogP contribution in [0.25, 0.3) is 0 Å². The van der Waals surface area contributed by atoms with Crippen molar-refractivity contribution in [2.45, 2.75) is 33.7 Å². The van der Waals surface area contributed by atoms with Crippen molar-refractivity contribution < 1.29 is 4.79 Å². The molecule has 0 saturated heterocycles. The molecule has 1 aromatic heterocycles. The van der Waals surface area contributed by atoms with Gasteiger partial charge in [-0.15, -0.1) is 0 Å². The van der Waals surface area contributed by atoms with E-state index >= 15 is 0 Å². The molecule has 0 aliphatic heterocycles. The summed E-state index contributed by atoms with van der Waals surface area (Å²) in [5.74, 6) is -0.189. The Hall–Kier alpha value is -1.83. The van der Waals surface area contributed by atoms with E-state index in [9.17, 15) is 4.79 Å². The van der Waals surface area contributed by atoms with Crippen LogP contribution in [0.1, 0.15) is 31.7 Å². The van der Waals surface area contributed by atoms with Gasteiger partial charge in [0.1, 0.15) is 11.8 Å². The molecule has 1 amide bonds. The predicted octanol–water partition coefficient (Wildman–Crippen LogP) is 1.43. The van der Waals surface area contributed by atoms with E-state index in [0.29, 0.717) is 23.6 Å². The van der Waals surface area contributed by atoms with Crippen LogP contribution in [-0.4, -0.2) is 15.7 Å². The summed E-state index contributed by atoms with van der Waals surface area (Å²) in [6, 6.07) is 2.06. The van der Waals surface area contributed by atoms with E-state index in [1.165, 1.54) is 6.92 Å². The average molecular weight is 206 g/mol. The third-order valence-corrected chi connectivity index (χ3v) is 1.97. The molecule has 0 unspecified atom stereocenters. The lowest BCUT2D eigenvalue weighted by molar-refractivity contribution is -0.114. The summed E-state index contributed by atoms with van der Waals surface area (Å²) >= 11 is 0. The SMILES string of the molecule is CCCn1nc(C)c(NC(C)=O)c1C#N. The number of nitrogens with one attached hydrogen (secondary N) is 1. The topological polar surface area (TPSA) is 70.7 Å². The monoisotopic (exact) mass is 206 g/mol. The van der Waals surface area contributed by atoms with Crippen LogP contribution in [0.15, 0.2) is 0 Å². The van der Waals surface area contributed by atoms with Crippen LogP contribution in [0, 0.1) is 18.3 Å². The molecular formula is C10H14N4O. The second-order valence-electron chi connectivity index (χ2n) is 3.33. The number of aromatic nitrogens is 2. The minimum Gasteiger partial charge on any atom is -0.322 e. The molecule has 80 valence electrons. The van der Waals surface area contributed by atoms with Crippen molar-refractivity contribution >= 4 is 11.6 Å². The number of amides is 1. The van der Waals surface area contributed by atoms with Crippen LogP contribution in [0.4, 0.5) is 5.69 Å². The molecule has 0 aliphatic carbocycles. The minimum atomic E-state index is -0.189. The highest BCUT2D eigenvalue weighted by Crippen LogP contribution is 2.19. The molecule has 0 aromatic carbocycles. The number of anilines is 1. The number of hydrogen-bond acceptors (Lipinski definition) is 3. The van der Waals surface area contributed by atoms with Crippen molar-refractivity contribution in [1.82, 2.24) is 9.78 Å². The van der Waals surface area contributed by atoms with Crippen LogP contribution in [0.2, 0.25) is 0 Å². The Morgan fingerprint density at radius 1 is 1.67 bits per heavy atom. The summed E-state index contributed by atoms with van der Waals surface area (Å²) in [7, 11) is 0. The molecule has 1 aromatic rings. The molecule has 0 atom stereocenters. The van der Waals surface area contributed by atoms with Gasteiger partial charge in [0, 0.05) is 13.5 Å². The molecule has 5 heteroatoms. The Morgan fingerprint density at radius 2 is 2.33 bits per heavy atom. The van der Waals surface area contributed by atoms with Gasteiger partial charge in [0.15, 0.2) is 5.69 Å². The normalized spacial score (nSPS) is 9.73. The quantitative estimate of drug-likeness (QED) is 0.813. The standard InChI is InChI=1S/C10H14N4O/c1-4-5-14-9(6-11)10(7(2)13-14)12-8(3)15/h4-5H2,1-3H3,(H,12,15). The number of nitrogens with zero attached hydrogens (tertiary/aromatic N) is 3. The van der Waals surface area contributed by atoms with Gasteiger partial charge < -0.3 is 5.32 Å². The molecule has 0 aliphatic rings. The second-order valence-corrected chi connectivity index (χ2v) is 3.33. The van der Waals surface area contributed by atoms with Gasteiger partial charge in [0.05, 0.1) is 5.69 Å². The molecule has 0 bridgehead atoms. The van der Waals surface area contributed by atoms with Crippen LogP contribution in [-0.2, 0) is 11.3 Å². The molecule has 0 radical (unpaired) electrons. The van der Waals surface area contributed by atoms with Gasteiger partial charge in [-0.05, 0) is 13.3 Å². The molecular weight excluding hydrogens is 192 g/mol. The smallest absolute Gasteiger partial charge is 0.221 e. The third kappa shape index (κ3) is 2.34. The molecule has 1 rings (SSSR count). The predicted molar refractivity (Wildman–Crippen MR) is 56.3 cm³/mol. The van der Waals surface area contributed by atoms with Gasteiger partial charge in [-0.25, -0.2) is 0 Å². The van der Waals surface area contributed by atoms with E-state index < -0.39 is 0 Å². The zero-order valence-electron chi connectivity index (χ0n) is 9.16. The van der Waals surface area contributed by atoms with Gasteiger partial charge in [-0.2, -0.15) is 10.4 Å². The van der Waals surface area contributed by atoms with Crippen molar-refractivity contribution in [2.75, 3.05) is 5.32 Å². The summed E-state index contributed by atoms with van der Waals surface area (Å²) in [6.45, 7) is 5.88. The highest BCUT2D eigenvalue weighted by molar-refractivity contribution is 5.90. The van der Waals surface area contributed by atoms with Crippen molar-refractivity contribution in [3.8, 4) is 6.07 Å². The van der Waals surface area contributed by atoms with Gasteiger partial charge in [-0.1, -0.05) is 6.92 Å². The maximum atomic E-state index is 10.9. The van der Waals surface area contributed by atoms with Crippen molar-refractivity contribution in [1.29, 1.82) is 5.26 Å². The summed E-state index contributed by atoms with van der Waals surface area (Å²) in [5, 5.41) is 15.8. The highest BCUT2D eigenvalue weighted by atomic mass is 16.1. The molecule has 0 fully saturated rings. The van der Waals surface area contributed by atoms with Crippen molar-refractivity contribution in [3.63, 3.8) is 0 Å². The first-order valence-electron chi connectivity index (χ1n) is 4.85. The summed E-state index contributed by atoms with van der Waals surface area (Å²) in [6.07, 6.45) is 0.898. The van der Waals surface area contributed by atoms with Gasteiger partial charge in [0.25, 0.3) is 0 Å². The zero-order valence-corrected chi connectivity index (χ0v) is 9.16. The first kappa shape index (κ1) is 11.2. The summed E-state index contributed by atoms with van der Waals surface area (Å²) in [4.78, 5) is 10.9. The first-order chi connectivity index (χ1) is 7.10. The minimum absolute atomic E-state index is 0.189. The maximum absolute atomic E-state index is 10.9. The maximum Gasteiger partial charge on any atom is 0.221 e. The van der Waals surface area contributed by atoms with Crippen LogP contribution < -0.4 is 5.32 Å². The lowest BCUT2D eigenvalue weighted by atomic mass is 10.3. The number of carbonyl (C=O) groups is 1. The van der Waals surface area contributed by atoms with Gasteiger partial charge in [-0.3, -0.25) is 9.48 Å². The molecule has 1 heterocycles. The van der Waals surface area contributed by atoms with E-state index in [1.807, 2.05) is 6.92 Å². The summed E-state index contributed by atoms with van der Waals surface area (Å²) < 4.78 is 1.63. The highest BCUT2D eigenvalue weighted by Gasteiger charge is 2.14. The van der Waals surface area contributed by atoms with E-state index in [4.69, 9.17) is 5.26 Å². The van der Waals surface area contributed by atoms with Gasteiger partial charge >= 0.3 is 0 Å². The number of nitriles is 1. The average Bonchev–Trinajstić information content (AvgIpc) is 2.43. The Kier molecular flexibility index (Phi) is 3.45. The third-order valence-electron chi connectivity index (χ3n) is 1.97. The lowest BCUT2D eigenvalue weighted by Gasteiger charge is -2.01. The van der Waals surface area contributed by atoms with Crippen LogP contribution in [0.5, 0.6) is 0 Å². The zero-order chi connectivity index (χ0) is 11.4. The second kappa shape index (κ2) is 4.60. The van der Waals surface area contributed by atoms with Crippen molar-refractivity contribution in [2.24, 2.45) is 0 Å². The van der Waals surface area contributed by atoms with E-state index in [0.717, 1.165) is 6.42 Å². The Bertz CT molecular complexity index is 414. The van der Waals surface area contributed by atoms with E-state index in [1.54, 1.807) is 11.6 Å². The fourth-order valence-corrected chi connectivity index (χ4v) is 1.39. The first-order valence-corrected chi connectivity index (χ1v) is 4.85. The fourth-order valence-electron chi connectivity index (χ4n) is 1.39. The number of carbonyl (C=O) groups excluding carboxylic acids is 1. The molecule has 15 heavy (non-hydrogen) atoms. The molecule has 1 N–H and O–H groups in total. The van der Waals surface area contributed by atoms with Crippen LogP contribution >= 0.6 is 0 Å². The van der Waals surface area contributed by atoms with E-state index in [2.05, 4.69) is 16.5 Å². The van der Waals surface area contributed by atoms with E-state index in [-0.39, 0.29) is 5.91 Å². The molecule has 0 spiro atoms. The van der Waals surface area contributed by atoms with Crippen molar-refractivity contribution in [3.05, 3.63) is 11.4 Å². The Labute approximate surface area is 88.7 Å². The summed E-state index contributed by atoms with van der Waals surface area (Å²) in [5.41, 5.74) is 1.62.